The highest BCUT2D eigenvalue weighted by molar-refractivity contribution is 6.02. The van der Waals surface area contributed by atoms with E-state index in [1.165, 1.54) is 57.1 Å². The summed E-state index contributed by atoms with van der Waals surface area (Å²) >= 11 is 0. The van der Waals surface area contributed by atoms with Gasteiger partial charge in [0.15, 0.2) is 0 Å². The van der Waals surface area contributed by atoms with Crippen molar-refractivity contribution in [3.8, 4) is 5.75 Å². The maximum atomic E-state index is 10.8. The summed E-state index contributed by atoms with van der Waals surface area (Å²) in [7, 11) is 0. The maximum Gasteiger partial charge on any atom is 0.269 e. The van der Waals surface area contributed by atoms with Crippen molar-refractivity contribution in [2.45, 2.75) is 64.7 Å². The van der Waals surface area contributed by atoms with Crippen molar-refractivity contribution in [1.29, 1.82) is 0 Å². The van der Waals surface area contributed by atoms with Crippen molar-refractivity contribution in [1.82, 2.24) is 0 Å². The zero-order valence-electron chi connectivity index (χ0n) is 18.5. The van der Waals surface area contributed by atoms with E-state index in [9.17, 15) is 10.1 Å². The predicted octanol–water partition coefficient (Wildman–Crippen LogP) is 6.73. The summed E-state index contributed by atoms with van der Waals surface area (Å²) in [5, 5.41) is 17.4. The molecule has 0 N–H and O–H groups in total. The van der Waals surface area contributed by atoms with Crippen molar-refractivity contribution in [2.24, 2.45) is 5.10 Å². The van der Waals surface area contributed by atoms with E-state index in [1.54, 1.807) is 12.1 Å². The minimum atomic E-state index is -0.388. The number of nitrogens with zero attached hydrogens (tertiary/aromatic N) is 3. The molecule has 2 aromatic rings. The Morgan fingerprint density at radius 1 is 0.935 bits per heavy atom. The third-order valence-electron chi connectivity index (χ3n) is 5.61. The van der Waals surface area contributed by atoms with Crippen LogP contribution in [-0.4, -0.2) is 23.8 Å². The molecular weight excluding hydrogens is 390 g/mol. The lowest BCUT2D eigenvalue weighted by molar-refractivity contribution is -0.384. The third kappa shape index (κ3) is 7.09. The Balaban J connectivity index is 1.41. The van der Waals surface area contributed by atoms with E-state index < -0.39 is 0 Å². The lowest BCUT2D eigenvalue weighted by Crippen LogP contribution is -2.11. The Morgan fingerprint density at radius 3 is 2.23 bits per heavy atom. The van der Waals surface area contributed by atoms with Crippen LogP contribution in [0.2, 0.25) is 0 Å². The Morgan fingerprint density at radius 2 is 1.58 bits per heavy atom. The van der Waals surface area contributed by atoms with Gasteiger partial charge in [0.25, 0.3) is 5.69 Å². The van der Waals surface area contributed by atoms with Gasteiger partial charge in [0.05, 0.1) is 22.9 Å². The molecule has 0 radical (unpaired) electrons. The van der Waals surface area contributed by atoms with E-state index in [2.05, 4.69) is 19.1 Å². The smallest absolute Gasteiger partial charge is 0.269 e. The van der Waals surface area contributed by atoms with Crippen LogP contribution in [0, 0.1) is 10.1 Å². The minimum absolute atomic E-state index is 0.0923. The highest BCUT2D eigenvalue weighted by Crippen LogP contribution is 2.25. The van der Waals surface area contributed by atoms with Crippen LogP contribution in [0.25, 0.3) is 0 Å². The Labute approximate surface area is 185 Å². The number of ether oxygens (including phenoxy) is 1. The Kier molecular flexibility index (Phi) is 8.88. The molecule has 1 aliphatic heterocycles. The summed E-state index contributed by atoms with van der Waals surface area (Å²) in [6.07, 6.45) is 11.2. The van der Waals surface area contributed by atoms with Crippen LogP contribution >= 0.6 is 0 Å². The van der Waals surface area contributed by atoms with E-state index in [1.807, 2.05) is 17.1 Å². The van der Waals surface area contributed by atoms with Crippen LogP contribution in [0.5, 0.6) is 5.75 Å². The van der Waals surface area contributed by atoms with Crippen molar-refractivity contribution in [3.63, 3.8) is 0 Å². The van der Waals surface area contributed by atoms with Crippen LogP contribution in [0.4, 0.5) is 11.4 Å². The van der Waals surface area contributed by atoms with Crippen LogP contribution in [0.1, 0.15) is 70.3 Å². The summed E-state index contributed by atoms with van der Waals surface area (Å²) in [5.41, 5.74) is 3.07. The largest absolute Gasteiger partial charge is 0.494 e. The van der Waals surface area contributed by atoms with Gasteiger partial charge in [-0.1, -0.05) is 51.9 Å². The van der Waals surface area contributed by atoms with Gasteiger partial charge in [0.2, 0.25) is 0 Å². The zero-order valence-corrected chi connectivity index (χ0v) is 18.5. The Bertz CT molecular complexity index is 847. The molecular formula is C25H33N3O3. The number of unbranched alkanes of at least 4 members (excludes halogenated alkanes) is 7. The first-order chi connectivity index (χ1) is 15.2. The number of anilines is 1. The number of hydrogen-bond acceptors (Lipinski definition) is 5. The summed E-state index contributed by atoms with van der Waals surface area (Å²) in [6, 6.07) is 14.7. The van der Waals surface area contributed by atoms with Crippen molar-refractivity contribution < 1.29 is 9.66 Å². The fraction of sp³-hybridized carbons (Fsp3) is 0.480. The lowest BCUT2D eigenvalue weighted by atomic mass is 10.1. The van der Waals surface area contributed by atoms with Gasteiger partial charge in [-0.3, -0.25) is 15.1 Å². The number of nitro groups is 1. The van der Waals surface area contributed by atoms with Crippen LogP contribution in [0.15, 0.2) is 53.6 Å². The van der Waals surface area contributed by atoms with Gasteiger partial charge < -0.3 is 4.74 Å². The average molecular weight is 424 g/mol. The van der Waals surface area contributed by atoms with Crippen LogP contribution < -0.4 is 9.75 Å². The van der Waals surface area contributed by atoms with E-state index >= 15 is 0 Å². The van der Waals surface area contributed by atoms with E-state index in [-0.39, 0.29) is 10.6 Å². The number of benzene rings is 2. The normalized spacial score (nSPS) is 13.3. The molecule has 6 heteroatoms. The zero-order chi connectivity index (χ0) is 21.9. The summed E-state index contributed by atoms with van der Waals surface area (Å²) in [4.78, 5) is 10.4. The molecule has 0 amide bonds. The molecule has 0 spiro atoms. The summed E-state index contributed by atoms with van der Waals surface area (Å²) in [5.74, 6) is 0.900. The lowest BCUT2D eigenvalue weighted by Gasteiger charge is -2.12. The highest BCUT2D eigenvalue weighted by Gasteiger charge is 2.18. The van der Waals surface area contributed by atoms with Gasteiger partial charge in [-0.05, 0) is 48.4 Å². The van der Waals surface area contributed by atoms with E-state index in [0.717, 1.165) is 48.7 Å². The second-order valence-electron chi connectivity index (χ2n) is 8.04. The molecule has 0 unspecified atom stereocenters. The minimum Gasteiger partial charge on any atom is -0.494 e. The van der Waals surface area contributed by atoms with Crippen LogP contribution in [0.3, 0.4) is 0 Å². The fourth-order valence-corrected chi connectivity index (χ4v) is 3.76. The van der Waals surface area contributed by atoms with Crippen LogP contribution in [-0.2, 0) is 0 Å². The number of hydrazone groups is 1. The molecule has 0 aromatic heterocycles. The molecule has 6 nitrogen and oxygen atoms in total. The molecule has 166 valence electrons. The SMILES string of the molecule is CCCCCCCCCCOc1ccc(C2=NN(c3ccc([N+](=O)[O-])cc3)CC2)cc1. The molecule has 0 atom stereocenters. The molecule has 1 heterocycles. The second kappa shape index (κ2) is 12.1. The predicted molar refractivity (Wildman–Crippen MR) is 126 cm³/mol. The summed E-state index contributed by atoms with van der Waals surface area (Å²) < 4.78 is 5.88. The first kappa shape index (κ1) is 22.8. The maximum absolute atomic E-state index is 10.8. The Hall–Kier alpha value is -2.89. The summed E-state index contributed by atoms with van der Waals surface area (Å²) in [6.45, 7) is 3.79. The molecule has 0 aliphatic carbocycles. The fourth-order valence-electron chi connectivity index (χ4n) is 3.76. The molecule has 31 heavy (non-hydrogen) atoms. The standard InChI is InChI=1S/C25H33N3O3/c1-2-3-4-5-6-7-8-9-20-31-24-16-10-21(11-17-24)25-18-19-27(26-25)22-12-14-23(15-13-22)28(29)30/h10-17H,2-9,18-20H2,1H3. The van der Waals surface area contributed by atoms with Gasteiger partial charge in [-0.15, -0.1) is 0 Å². The second-order valence-corrected chi connectivity index (χ2v) is 8.04. The van der Waals surface area contributed by atoms with Gasteiger partial charge in [-0.2, -0.15) is 5.10 Å². The van der Waals surface area contributed by atoms with Crippen molar-refractivity contribution in [3.05, 3.63) is 64.2 Å². The van der Waals surface area contributed by atoms with E-state index in [0.29, 0.717) is 0 Å². The molecule has 2 aromatic carbocycles. The number of rotatable bonds is 13. The monoisotopic (exact) mass is 423 g/mol. The third-order valence-corrected chi connectivity index (χ3v) is 5.61. The number of nitro benzene ring substituents is 1. The molecule has 0 bridgehead atoms. The van der Waals surface area contributed by atoms with E-state index in [4.69, 9.17) is 9.84 Å². The first-order valence-corrected chi connectivity index (χ1v) is 11.5. The molecule has 0 fully saturated rings. The number of hydrogen-bond donors (Lipinski definition) is 0. The molecule has 1 aliphatic rings. The molecule has 0 saturated heterocycles. The van der Waals surface area contributed by atoms with Gasteiger partial charge in [-0.25, -0.2) is 0 Å². The highest BCUT2D eigenvalue weighted by atomic mass is 16.6. The van der Waals surface area contributed by atoms with Gasteiger partial charge in [0, 0.05) is 25.1 Å². The van der Waals surface area contributed by atoms with Gasteiger partial charge >= 0.3 is 0 Å². The first-order valence-electron chi connectivity index (χ1n) is 11.5. The van der Waals surface area contributed by atoms with Crippen molar-refractivity contribution in [2.75, 3.05) is 18.2 Å². The quantitative estimate of drug-likeness (QED) is 0.203. The van der Waals surface area contributed by atoms with Gasteiger partial charge in [0.1, 0.15) is 5.75 Å². The average Bonchev–Trinajstić information content (AvgIpc) is 3.29. The molecule has 3 rings (SSSR count). The topological polar surface area (TPSA) is 68.0 Å². The molecule has 0 saturated carbocycles. The van der Waals surface area contributed by atoms with Crippen molar-refractivity contribution >= 4 is 17.1 Å². The number of non-ortho nitro benzene ring substituents is 1.